The molecule has 1 unspecified atom stereocenters. The van der Waals surface area contributed by atoms with Crippen molar-refractivity contribution in [1.29, 1.82) is 0 Å². The molecule has 0 fully saturated rings. The molecule has 1 aromatic carbocycles. The Morgan fingerprint density at radius 2 is 1.85 bits per heavy atom. The minimum atomic E-state index is -4.76. The molecule has 0 spiro atoms. The van der Waals surface area contributed by atoms with Crippen molar-refractivity contribution in [1.82, 2.24) is 9.73 Å². The van der Waals surface area contributed by atoms with Gasteiger partial charge in [0.15, 0.2) is 0 Å². The van der Waals surface area contributed by atoms with E-state index in [0.29, 0.717) is 4.47 Å². The number of rotatable bonds is 7. The SMILES string of the molecule is CN(C)N=C(CC(CF)(N[S@+]([O-])C(C)(C)C)c1cccc(Br)c1)C(F)(F)F. The van der Waals surface area contributed by atoms with Crippen molar-refractivity contribution in [3.63, 3.8) is 0 Å². The lowest BCUT2D eigenvalue weighted by Gasteiger charge is -2.36. The predicted molar refractivity (Wildman–Crippen MR) is 105 cm³/mol. The van der Waals surface area contributed by atoms with Gasteiger partial charge in [0.2, 0.25) is 0 Å². The fraction of sp³-hybridized carbons (Fsp3) is 0.588. The molecule has 27 heavy (non-hydrogen) atoms. The number of nitrogens with one attached hydrogen (secondary N) is 1. The molecule has 0 amide bonds. The third kappa shape index (κ3) is 6.92. The molecular weight excluding hydrogens is 450 g/mol. The van der Waals surface area contributed by atoms with Crippen LogP contribution < -0.4 is 4.72 Å². The maximum Gasteiger partial charge on any atom is 0.431 e. The monoisotopic (exact) mass is 473 g/mol. The van der Waals surface area contributed by atoms with Gasteiger partial charge in [-0.25, -0.2) is 4.39 Å². The van der Waals surface area contributed by atoms with Crippen molar-refractivity contribution < 1.29 is 22.1 Å². The van der Waals surface area contributed by atoms with Crippen molar-refractivity contribution >= 4 is 33.0 Å². The van der Waals surface area contributed by atoms with Crippen molar-refractivity contribution in [2.75, 3.05) is 20.8 Å². The van der Waals surface area contributed by atoms with Gasteiger partial charge in [-0.15, -0.1) is 4.72 Å². The van der Waals surface area contributed by atoms with Crippen LogP contribution in [-0.2, 0) is 16.9 Å². The van der Waals surface area contributed by atoms with Crippen LogP contribution in [0.2, 0.25) is 0 Å². The van der Waals surface area contributed by atoms with E-state index in [0.717, 1.165) is 5.01 Å². The van der Waals surface area contributed by atoms with Gasteiger partial charge in [-0.2, -0.15) is 18.3 Å². The summed E-state index contributed by atoms with van der Waals surface area (Å²) >= 11 is 1.44. The summed E-state index contributed by atoms with van der Waals surface area (Å²) in [5.41, 5.74) is -2.78. The topological polar surface area (TPSA) is 50.7 Å². The highest BCUT2D eigenvalue weighted by Gasteiger charge is 2.47. The molecule has 154 valence electrons. The Kier molecular flexibility index (Phi) is 8.16. The molecule has 0 aromatic heterocycles. The molecule has 1 N–H and O–H groups in total. The lowest BCUT2D eigenvalue weighted by atomic mass is 9.86. The van der Waals surface area contributed by atoms with Crippen molar-refractivity contribution in [2.45, 2.75) is 43.7 Å². The van der Waals surface area contributed by atoms with Crippen LogP contribution in [0.5, 0.6) is 0 Å². The van der Waals surface area contributed by atoms with Gasteiger partial charge in [0, 0.05) is 36.4 Å². The van der Waals surface area contributed by atoms with Gasteiger partial charge in [-0.3, -0.25) is 0 Å². The molecule has 1 rings (SSSR count). The smallest absolute Gasteiger partial charge is 0.431 e. The largest absolute Gasteiger partial charge is 0.598 e. The lowest BCUT2D eigenvalue weighted by molar-refractivity contribution is -0.0630. The Bertz CT molecular complexity index is 664. The normalized spacial score (nSPS) is 16.8. The first-order valence-electron chi connectivity index (χ1n) is 8.05. The van der Waals surface area contributed by atoms with Crippen LogP contribution in [0.4, 0.5) is 17.6 Å². The molecule has 0 saturated carbocycles. The third-order valence-electron chi connectivity index (χ3n) is 3.57. The van der Waals surface area contributed by atoms with Crippen LogP contribution in [0.25, 0.3) is 0 Å². The van der Waals surface area contributed by atoms with E-state index in [1.807, 2.05) is 0 Å². The molecule has 0 heterocycles. The number of hydrogen-bond acceptors (Lipinski definition) is 4. The van der Waals surface area contributed by atoms with Crippen molar-refractivity contribution in [3.8, 4) is 0 Å². The number of hydrogen-bond donors (Lipinski definition) is 1. The van der Waals surface area contributed by atoms with E-state index >= 15 is 0 Å². The zero-order valence-electron chi connectivity index (χ0n) is 15.8. The molecule has 0 aliphatic heterocycles. The second-order valence-corrected chi connectivity index (χ2v) is 10.2. The Morgan fingerprint density at radius 1 is 1.26 bits per heavy atom. The van der Waals surface area contributed by atoms with Crippen LogP contribution in [0, 0.1) is 0 Å². The van der Waals surface area contributed by atoms with Crippen molar-refractivity contribution in [3.05, 3.63) is 34.3 Å². The zero-order valence-corrected chi connectivity index (χ0v) is 18.2. The second-order valence-electron chi connectivity index (χ2n) is 7.28. The van der Waals surface area contributed by atoms with Crippen LogP contribution in [0.3, 0.4) is 0 Å². The third-order valence-corrected chi connectivity index (χ3v) is 5.75. The number of alkyl halides is 4. The van der Waals surface area contributed by atoms with Crippen LogP contribution in [0.15, 0.2) is 33.8 Å². The Balaban J connectivity index is 3.52. The van der Waals surface area contributed by atoms with Crippen molar-refractivity contribution in [2.24, 2.45) is 5.10 Å². The number of benzene rings is 1. The average Bonchev–Trinajstić information content (AvgIpc) is 2.51. The van der Waals surface area contributed by atoms with E-state index in [4.69, 9.17) is 0 Å². The average molecular weight is 474 g/mol. The van der Waals surface area contributed by atoms with E-state index < -0.39 is 46.6 Å². The number of hydrazone groups is 1. The minimum absolute atomic E-state index is 0.243. The maximum atomic E-state index is 14.3. The Morgan fingerprint density at radius 3 is 2.26 bits per heavy atom. The lowest BCUT2D eigenvalue weighted by Crippen LogP contribution is -2.54. The highest BCUT2D eigenvalue weighted by atomic mass is 79.9. The molecule has 1 aromatic rings. The Labute approximate surface area is 168 Å². The fourth-order valence-corrected chi connectivity index (χ4v) is 3.49. The van der Waals surface area contributed by atoms with Gasteiger partial charge in [-0.05, 0) is 38.5 Å². The predicted octanol–water partition coefficient (Wildman–Crippen LogP) is 4.54. The number of halogens is 5. The van der Waals surface area contributed by atoms with Gasteiger partial charge < -0.3 is 9.56 Å². The summed E-state index contributed by atoms with van der Waals surface area (Å²) in [6.07, 6.45) is -5.58. The summed E-state index contributed by atoms with van der Waals surface area (Å²) in [6, 6.07) is 6.27. The summed E-state index contributed by atoms with van der Waals surface area (Å²) in [5.74, 6) is 0. The fourth-order valence-electron chi connectivity index (χ4n) is 2.18. The summed E-state index contributed by atoms with van der Waals surface area (Å²) in [7, 11) is 2.70. The second kappa shape index (κ2) is 9.11. The number of nitrogens with zero attached hydrogens (tertiary/aromatic N) is 2. The van der Waals surface area contributed by atoms with Gasteiger partial charge in [0.05, 0.1) is 0 Å². The molecular formula is C17H24BrF4N3OS. The van der Waals surface area contributed by atoms with Crippen LogP contribution in [0.1, 0.15) is 32.8 Å². The van der Waals surface area contributed by atoms with Gasteiger partial charge >= 0.3 is 6.18 Å². The molecule has 0 aliphatic carbocycles. The first-order valence-corrected chi connectivity index (χ1v) is 9.99. The Hall–Kier alpha value is -0.840. The highest BCUT2D eigenvalue weighted by molar-refractivity contribution is 9.10. The maximum absolute atomic E-state index is 14.3. The van der Waals surface area contributed by atoms with E-state index in [-0.39, 0.29) is 5.56 Å². The zero-order chi connectivity index (χ0) is 21.0. The first-order chi connectivity index (χ1) is 12.2. The molecule has 0 radical (unpaired) electrons. The molecule has 4 nitrogen and oxygen atoms in total. The van der Waals surface area contributed by atoms with Crippen LogP contribution >= 0.6 is 15.9 Å². The van der Waals surface area contributed by atoms with Crippen LogP contribution in [-0.4, -0.2) is 47.0 Å². The van der Waals surface area contributed by atoms with E-state index in [1.165, 1.54) is 26.2 Å². The molecule has 2 atom stereocenters. The highest BCUT2D eigenvalue weighted by Crippen LogP contribution is 2.35. The minimum Gasteiger partial charge on any atom is -0.598 e. The summed E-state index contributed by atoms with van der Waals surface area (Å²) in [5, 5.41) is 4.51. The molecule has 0 aliphatic rings. The summed E-state index contributed by atoms with van der Waals surface area (Å²) in [4.78, 5) is 0. The van der Waals surface area contributed by atoms with Gasteiger partial charge in [0.25, 0.3) is 0 Å². The van der Waals surface area contributed by atoms with E-state index in [1.54, 1.807) is 32.9 Å². The van der Waals surface area contributed by atoms with Gasteiger partial charge in [-0.1, -0.05) is 28.1 Å². The quantitative estimate of drug-likeness (QED) is 0.273. The standard InChI is InChI=1S/C17H24BrF4N3OS/c1-15(2,3)27(26)24-16(11-19,12-7-6-8-13(18)9-12)10-14(17(20,21)22)23-25(4)5/h6-9,24H,10-11H2,1-5H3/t16?,27-/m1/s1. The summed E-state index contributed by atoms with van der Waals surface area (Å²) in [6.45, 7) is 3.75. The molecule has 0 bridgehead atoms. The molecule has 10 heteroatoms. The molecule has 0 saturated heterocycles. The van der Waals surface area contributed by atoms with E-state index in [9.17, 15) is 22.1 Å². The summed E-state index contributed by atoms with van der Waals surface area (Å²) < 4.78 is 69.9. The van der Waals surface area contributed by atoms with E-state index in [2.05, 4.69) is 25.8 Å². The first kappa shape index (κ1) is 24.2. The van der Waals surface area contributed by atoms with Gasteiger partial charge in [0.1, 0.15) is 22.7 Å².